The van der Waals surface area contributed by atoms with E-state index in [0.717, 1.165) is 5.56 Å². The minimum absolute atomic E-state index is 0.0104. The van der Waals surface area contributed by atoms with Crippen LogP contribution >= 0.6 is 0 Å². The first-order valence-corrected chi connectivity index (χ1v) is 5.71. The molecule has 72 valence electrons. The molecule has 3 nitrogen and oxygen atoms in total. The van der Waals surface area contributed by atoms with Crippen molar-refractivity contribution in [1.82, 2.24) is 0 Å². The van der Waals surface area contributed by atoms with Crippen LogP contribution in [0.5, 0.6) is 0 Å². The van der Waals surface area contributed by atoms with Crippen molar-refractivity contribution in [3.05, 3.63) is 29.8 Å². The van der Waals surface area contributed by atoms with Crippen molar-refractivity contribution in [2.75, 3.05) is 12.3 Å². The predicted octanol–water partition coefficient (Wildman–Crippen LogP) is 0.727. The lowest BCUT2D eigenvalue weighted by Crippen LogP contribution is -2.15. The Bertz CT molecular complexity index is 384. The second kappa shape index (κ2) is 3.89. The van der Waals surface area contributed by atoms with Crippen LogP contribution in [0.3, 0.4) is 0 Å². The van der Waals surface area contributed by atoms with Crippen molar-refractivity contribution < 1.29 is 8.42 Å². The summed E-state index contributed by atoms with van der Waals surface area (Å²) in [6.07, 6.45) is 0. The van der Waals surface area contributed by atoms with E-state index in [4.69, 9.17) is 5.73 Å². The summed E-state index contributed by atoms with van der Waals surface area (Å²) < 4.78 is 23.0. The number of hydrogen-bond donors (Lipinski definition) is 1. The number of sulfone groups is 1. The Morgan fingerprint density at radius 2 is 2.08 bits per heavy atom. The van der Waals surface area contributed by atoms with E-state index in [1.807, 2.05) is 13.0 Å². The molecule has 0 fully saturated rings. The van der Waals surface area contributed by atoms with Gasteiger partial charge < -0.3 is 5.73 Å². The van der Waals surface area contributed by atoms with Gasteiger partial charge in [-0.25, -0.2) is 8.42 Å². The van der Waals surface area contributed by atoms with E-state index in [9.17, 15) is 8.42 Å². The molecule has 0 unspecified atom stereocenters. The van der Waals surface area contributed by atoms with E-state index in [1.54, 1.807) is 18.2 Å². The fourth-order valence-electron chi connectivity index (χ4n) is 1.08. The van der Waals surface area contributed by atoms with Crippen LogP contribution in [-0.2, 0) is 9.84 Å². The Kier molecular flexibility index (Phi) is 3.06. The Morgan fingerprint density at radius 3 is 2.62 bits per heavy atom. The van der Waals surface area contributed by atoms with Gasteiger partial charge in [0.15, 0.2) is 9.84 Å². The van der Waals surface area contributed by atoms with Gasteiger partial charge in [-0.3, -0.25) is 0 Å². The topological polar surface area (TPSA) is 60.2 Å². The van der Waals surface area contributed by atoms with Crippen molar-refractivity contribution in [3.8, 4) is 0 Å². The minimum Gasteiger partial charge on any atom is -0.329 e. The lowest BCUT2D eigenvalue weighted by molar-refractivity contribution is 0.596. The van der Waals surface area contributed by atoms with Gasteiger partial charge in [-0.05, 0) is 24.6 Å². The average Bonchev–Trinajstić information content (AvgIpc) is 2.04. The molecule has 0 bridgehead atoms. The molecule has 0 atom stereocenters. The van der Waals surface area contributed by atoms with Crippen molar-refractivity contribution in [2.45, 2.75) is 11.8 Å². The van der Waals surface area contributed by atoms with Crippen molar-refractivity contribution in [3.63, 3.8) is 0 Å². The van der Waals surface area contributed by atoms with Crippen LogP contribution in [0.15, 0.2) is 29.2 Å². The summed E-state index contributed by atoms with van der Waals surface area (Å²) in [5.74, 6) is 0.0104. The second-order valence-electron chi connectivity index (χ2n) is 2.92. The van der Waals surface area contributed by atoms with E-state index in [2.05, 4.69) is 0 Å². The zero-order valence-electron chi connectivity index (χ0n) is 7.53. The molecule has 0 spiro atoms. The average molecular weight is 199 g/mol. The Balaban J connectivity index is 3.08. The van der Waals surface area contributed by atoms with Gasteiger partial charge in [0.25, 0.3) is 0 Å². The van der Waals surface area contributed by atoms with Crippen LogP contribution in [-0.4, -0.2) is 20.7 Å². The molecule has 2 N–H and O–H groups in total. The second-order valence-corrected chi connectivity index (χ2v) is 5.03. The summed E-state index contributed by atoms with van der Waals surface area (Å²) in [4.78, 5) is 0.359. The molecule has 0 aliphatic heterocycles. The molecule has 0 aliphatic rings. The maximum Gasteiger partial charge on any atom is 0.179 e. The van der Waals surface area contributed by atoms with Crippen LogP contribution in [0.2, 0.25) is 0 Å². The lowest BCUT2D eigenvalue weighted by atomic mass is 10.2. The van der Waals surface area contributed by atoms with Crippen LogP contribution in [0, 0.1) is 6.92 Å². The highest BCUT2D eigenvalue weighted by Crippen LogP contribution is 2.11. The van der Waals surface area contributed by atoms with Crippen LogP contribution in [0.4, 0.5) is 0 Å². The fourth-order valence-corrected chi connectivity index (χ4v) is 2.28. The first-order chi connectivity index (χ1) is 6.06. The van der Waals surface area contributed by atoms with Crippen molar-refractivity contribution in [2.24, 2.45) is 5.73 Å². The third-order valence-corrected chi connectivity index (χ3v) is 3.48. The van der Waals surface area contributed by atoms with Gasteiger partial charge in [0.1, 0.15) is 0 Å². The molecule has 0 heterocycles. The van der Waals surface area contributed by atoms with E-state index in [-0.39, 0.29) is 12.3 Å². The maximum atomic E-state index is 11.5. The van der Waals surface area contributed by atoms with Gasteiger partial charge in [0.05, 0.1) is 10.6 Å². The van der Waals surface area contributed by atoms with Crippen molar-refractivity contribution in [1.29, 1.82) is 0 Å². The number of aryl methyl sites for hydroxylation is 1. The summed E-state index contributed by atoms with van der Waals surface area (Å²) in [5.41, 5.74) is 6.15. The summed E-state index contributed by atoms with van der Waals surface area (Å²) in [5, 5.41) is 0. The van der Waals surface area contributed by atoms with E-state index in [0.29, 0.717) is 4.90 Å². The zero-order valence-corrected chi connectivity index (χ0v) is 8.34. The number of nitrogens with two attached hydrogens (primary N) is 1. The van der Waals surface area contributed by atoms with Crippen LogP contribution in [0.1, 0.15) is 5.56 Å². The largest absolute Gasteiger partial charge is 0.329 e. The molecule has 0 radical (unpaired) electrons. The molecular formula is C9H13NO2S. The van der Waals surface area contributed by atoms with Gasteiger partial charge in [-0.1, -0.05) is 12.1 Å². The summed E-state index contributed by atoms with van der Waals surface area (Å²) >= 11 is 0. The molecule has 4 heteroatoms. The SMILES string of the molecule is Cc1cccc(S(=O)(=O)CCN)c1. The smallest absolute Gasteiger partial charge is 0.179 e. The monoisotopic (exact) mass is 199 g/mol. The van der Waals surface area contributed by atoms with Gasteiger partial charge in [0, 0.05) is 6.54 Å². The minimum atomic E-state index is -3.16. The van der Waals surface area contributed by atoms with E-state index < -0.39 is 9.84 Å². The van der Waals surface area contributed by atoms with Gasteiger partial charge in [-0.2, -0.15) is 0 Å². The van der Waals surface area contributed by atoms with Gasteiger partial charge in [-0.15, -0.1) is 0 Å². The van der Waals surface area contributed by atoms with Gasteiger partial charge >= 0.3 is 0 Å². The molecule has 0 saturated heterocycles. The Hall–Kier alpha value is -0.870. The fraction of sp³-hybridized carbons (Fsp3) is 0.333. The summed E-state index contributed by atoms with van der Waals surface area (Å²) in [7, 11) is -3.16. The molecule has 0 aliphatic carbocycles. The molecule has 13 heavy (non-hydrogen) atoms. The highest BCUT2D eigenvalue weighted by atomic mass is 32.2. The lowest BCUT2D eigenvalue weighted by Gasteiger charge is -2.02. The highest BCUT2D eigenvalue weighted by Gasteiger charge is 2.12. The predicted molar refractivity (Wildman–Crippen MR) is 52.3 cm³/mol. The zero-order chi connectivity index (χ0) is 9.90. The number of hydrogen-bond acceptors (Lipinski definition) is 3. The number of benzene rings is 1. The molecule has 0 amide bonds. The molecule has 1 aromatic carbocycles. The van der Waals surface area contributed by atoms with E-state index >= 15 is 0 Å². The molecule has 0 saturated carbocycles. The summed E-state index contributed by atoms with van der Waals surface area (Å²) in [6, 6.07) is 6.85. The quantitative estimate of drug-likeness (QED) is 0.780. The van der Waals surface area contributed by atoms with E-state index in [1.165, 1.54) is 0 Å². The molecule has 0 aromatic heterocycles. The van der Waals surface area contributed by atoms with Crippen molar-refractivity contribution >= 4 is 9.84 Å². The standard InChI is InChI=1S/C9H13NO2S/c1-8-3-2-4-9(7-8)13(11,12)6-5-10/h2-4,7H,5-6,10H2,1H3. The maximum absolute atomic E-state index is 11.5. The van der Waals surface area contributed by atoms with Gasteiger partial charge in [0.2, 0.25) is 0 Å². The molecule has 1 rings (SSSR count). The summed E-state index contributed by atoms with van der Waals surface area (Å²) in [6.45, 7) is 2.03. The normalized spacial score (nSPS) is 11.5. The molecule has 1 aromatic rings. The first-order valence-electron chi connectivity index (χ1n) is 4.06. The number of rotatable bonds is 3. The Morgan fingerprint density at radius 1 is 1.38 bits per heavy atom. The molecular weight excluding hydrogens is 186 g/mol. The third kappa shape index (κ3) is 2.54. The highest BCUT2D eigenvalue weighted by molar-refractivity contribution is 7.91. The third-order valence-electron chi connectivity index (χ3n) is 1.74. The first kappa shape index (κ1) is 10.2. The van der Waals surface area contributed by atoms with Crippen LogP contribution < -0.4 is 5.73 Å². The van der Waals surface area contributed by atoms with Crippen LogP contribution in [0.25, 0.3) is 0 Å². The Labute approximate surface area is 78.5 Å².